The number of hydrogen-bond donors (Lipinski definition) is 2. The fourth-order valence-electron chi connectivity index (χ4n) is 1.69. The molecule has 0 atom stereocenters. The lowest BCUT2D eigenvalue weighted by atomic mass is 9.95. The molecule has 2 rings (SSSR count). The summed E-state index contributed by atoms with van der Waals surface area (Å²) in [7, 11) is -3.30. The number of nitrogens with one attached hydrogen (secondary N) is 1. The van der Waals surface area contributed by atoms with Crippen LogP contribution in [0.4, 0.5) is 0 Å². The zero-order valence-corrected chi connectivity index (χ0v) is 9.76. The van der Waals surface area contributed by atoms with Gasteiger partial charge in [-0.1, -0.05) is 0 Å². The predicted octanol–water partition coefficient (Wildman–Crippen LogP) is -0.170. The molecule has 0 unspecified atom stereocenters. The number of aliphatic hydroxyl groups is 1. The lowest BCUT2D eigenvalue weighted by molar-refractivity contribution is 0.0124. The molecule has 1 saturated heterocycles. The first-order valence-electron chi connectivity index (χ1n) is 5.39. The van der Waals surface area contributed by atoms with E-state index in [1.807, 2.05) is 0 Å². The van der Waals surface area contributed by atoms with Gasteiger partial charge in [0, 0.05) is 19.1 Å². The maximum Gasteiger partial charge on any atom is 0.279 e. The molecule has 0 aromatic carbocycles. The molecule has 1 aliphatic carbocycles. The minimum absolute atomic E-state index is 0.150. The molecule has 0 aromatic heterocycles. The first-order valence-corrected chi connectivity index (χ1v) is 6.83. The zero-order chi connectivity index (χ0) is 11.1. The maximum absolute atomic E-state index is 11.8. The average molecular weight is 234 g/mol. The van der Waals surface area contributed by atoms with Crippen LogP contribution in [0.1, 0.15) is 32.6 Å². The Morgan fingerprint density at radius 3 is 2.33 bits per heavy atom. The zero-order valence-electron chi connectivity index (χ0n) is 8.94. The van der Waals surface area contributed by atoms with Gasteiger partial charge >= 0.3 is 0 Å². The molecule has 0 bridgehead atoms. The average Bonchev–Trinajstić information content (AvgIpc) is 2.86. The van der Waals surface area contributed by atoms with Crippen LogP contribution in [0.5, 0.6) is 0 Å². The van der Waals surface area contributed by atoms with E-state index < -0.39 is 15.8 Å². The molecule has 1 saturated carbocycles. The highest BCUT2D eigenvalue weighted by atomic mass is 32.2. The molecule has 0 amide bonds. The SMILES string of the molecule is CC1(O)CCN(S(=O)(=O)NC2CC2)CC1. The molecule has 6 heteroatoms. The van der Waals surface area contributed by atoms with Crippen molar-refractivity contribution >= 4 is 10.2 Å². The number of piperidine rings is 1. The van der Waals surface area contributed by atoms with Crippen LogP contribution >= 0.6 is 0 Å². The highest BCUT2D eigenvalue weighted by molar-refractivity contribution is 7.87. The molecule has 2 N–H and O–H groups in total. The summed E-state index contributed by atoms with van der Waals surface area (Å²) < 4.78 is 27.6. The molecule has 0 spiro atoms. The van der Waals surface area contributed by atoms with E-state index in [0.717, 1.165) is 12.8 Å². The van der Waals surface area contributed by atoms with E-state index in [2.05, 4.69) is 4.72 Å². The summed E-state index contributed by atoms with van der Waals surface area (Å²) in [6.45, 7) is 2.58. The molecular weight excluding hydrogens is 216 g/mol. The van der Waals surface area contributed by atoms with Crippen molar-refractivity contribution in [3.63, 3.8) is 0 Å². The highest BCUT2D eigenvalue weighted by Crippen LogP contribution is 2.25. The summed E-state index contributed by atoms with van der Waals surface area (Å²) in [5.41, 5.74) is -0.703. The molecule has 1 aliphatic heterocycles. The van der Waals surface area contributed by atoms with E-state index in [9.17, 15) is 13.5 Å². The molecular formula is C9H18N2O3S. The molecule has 0 radical (unpaired) electrons. The molecule has 15 heavy (non-hydrogen) atoms. The minimum atomic E-state index is -3.30. The van der Waals surface area contributed by atoms with Gasteiger partial charge in [-0.05, 0) is 32.6 Å². The lowest BCUT2D eigenvalue weighted by Crippen LogP contribution is -2.49. The summed E-state index contributed by atoms with van der Waals surface area (Å²) in [6.07, 6.45) is 2.92. The van der Waals surface area contributed by atoms with Gasteiger partial charge < -0.3 is 5.11 Å². The minimum Gasteiger partial charge on any atom is -0.390 e. The second-order valence-corrected chi connectivity index (χ2v) is 6.50. The monoisotopic (exact) mass is 234 g/mol. The van der Waals surface area contributed by atoms with Gasteiger partial charge in [0.25, 0.3) is 10.2 Å². The molecule has 0 aromatic rings. The van der Waals surface area contributed by atoms with Crippen molar-refractivity contribution in [2.24, 2.45) is 0 Å². The van der Waals surface area contributed by atoms with Crippen LogP contribution in [0, 0.1) is 0 Å². The number of hydrogen-bond acceptors (Lipinski definition) is 3. The first kappa shape index (κ1) is 11.3. The van der Waals surface area contributed by atoms with Gasteiger partial charge in [-0.15, -0.1) is 0 Å². The van der Waals surface area contributed by atoms with Crippen molar-refractivity contribution in [2.45, 2.75) is 44.2 Å². The van der Waals surface area contributed by atoms with Crippen LogP contribution < -0.4 is 4.72 Å². The Labute approximate surface area is 90.6 Å². The van der Waals surface area contributed by atoms with Crippen molar-refractivity contribution in [1.29, 1.82) is 0 Å². The topological polar surface area (TPSA) is 69.6 Å². The summed E-state index contributed by atoms with van der Waals surface area (Å²) >= 11 is 0. The van der Waals surface area contributed by atoms with Gasteiger partial charge in [0.05, 0.1) is 5.60 Å². The fraction of sp³-hybridized carbons (Fsp3) is 1.00. The van der Waals surface area contributed by atoms with Crippen LogP contribution in [0.3, 0.4) is 0 Å². The van der Waals surface area contributed by atoms with E-state index in [4.69, 9.17) is 0 Å². The second kappa shape index (κ2) is 3.69. The molecule has 5 nitrogen and oxygen atoms in total. The van der Waals surface area contributed by atoms with E-state index in [1.165, 1.54) is 4.31 Å². The Balaban J connectivity index is 1.94. The fourth-order valence-corrected chi connectivity index (χ4v) is 3.16. The van der Waals surface area contributed by atoms with E-state index in [0.29, 0.717) is 25.9 Å². The summed E-state index contributed by atoms with van der Waals surface area (Å²) in [5, 5.41) is 9.71. The van der Waals surface area contributed by atoms with Gasteiger partial charge in [0.15, 0.2) is 0 Å². The van der Waals surface area contributed by atoms with Crippen molar-refractivity contribution in [3.8, 4) is 0 Å². The summed E-state index contributed by atoms with van der Waals surface area (Å²) in [4.78, 5) is 0. The van der Waals surface area contributed by atoms with Crippen molar-refractivity contribution < 1.29 is 13.5 Å². The van der Waals surface area contributed by atoms with Gasteiger partial charge in [-0.2, -0.15) is 17.4 Å². The van der Waals surface area contributed by atoms with Crippen LogP contribution in [0.2, 0.25) is 0 Å². The number of nitrogens with zero attached hydrogens (tertiary/aromatic N) is 1. The van der Waals surface area contributed by atoms with Crippen molar-refractivity contribution in [3.05, 3.63) is 0 Å². The smallest absolute Gasteiger partial charge is 0.279 e. The van der Waals surface area contributed by atoms with Crippen LogP contribution in [-0.2, 0) is 10.2 Å². The standard InChI is InChI=1S/C9H18N2O3S/c1-9(12)4-6-11(7-5-9)15(13,14)10-8-2-3-8/h8,10,12H,2-7H2,1H3. The highest BCUT2D eigenvalue weighted by Gasteiger charge is 2.35. The maximum atomic E-state index is 11.8. The molecule has 1 heterocycles. The van der Waals surface area contributed by atoms with Gasteiger partial charge in [0.1, 0.15) is 0 Å². The van der Waals surface area contributed by atoms with Gasteiger partial charge in [-0.25, -0.2) is 0 Å². The third-order valence-electron chi connectivity index (χ3n) is 3.03. The Bertz CT molecular complexity index is 325. The Morgan fingerprint density at radius 1 is 1.33 bits per heavy atom. The Kier molecular flexibility index (Phi) is 2.79. The van der Waals surface area contributed by atoms with Gasteiger partial charge in [-0.3, -0.25) is 0 Å². The Morgan fingerprint density at radius 2 is 1.87 bits per heavy atom. The second-order valence-electron chi connectivity index (χ2n) is 4.79. The van der Waals surface area contributed by atoms with E-state index >= 15 is 0 Å². The normalized spacial score (nSPS) is 27.9. The van der Waals surface area contributed by atoms with Crippen LogP contribution in [0.15, 0.2) is 0 Å². The van der Waals surface area contributed by atoms with Crippen molar-refractivity contribution in [2.75, 3.05) is 13.1 Å². The van der Waals surface area contributed by atoms with Crippen LogP contribution in [-0.4, -0.2) is 42.6 Å². The molecule has 2 fully saturated rings. The van der Waals surface area contributed by atoms with E-state index in [-0.39, 0.29) is 6.04 Å². The van der Waals surface area contributed by atoms with Crippen molar-refractivity contribution in [1.82, 2.24) is 9.03 Å². The Hall–Kier alpha value is -0.170. The third-order valence-corrected chi connectivity index (χ3v) is 4.71. The predicted molar refractivity (Wildman–Crippen MR) is 56.5 cm³/mol. The summed E-state index contributed by atoms with van der Waals surface area (Å²) in [6, 6.07) is 0.150. The summed E-state index contributed by atoms with van der Waals surface area (Å²) in [5.74, 6) is 0. The largest absolute Gasteiger partial charge is 0.390 e. The third kappa shape index (κ3) is 2.90. The molecule has 88 valence electrons. The van der Waals surface area contributed by atoms with E-state index in [1.54, 1.807) is 6.92 Å². The number of rotatable bonds is 3. The first-order chi connectivity index (χ1) is 6.89. The lowest BCUT2D eigenvalue weighted by Gasteiger charge is -2.34. The van der Waals surface area contributed by atoms with Gasteiger partial charge in [0.2, 0.25) is 0 Å². The molecule has 2 aliphatic rings. The quantitative estimate of drug-likeness (QED) is 0.712. The van der Waals surface area contributed by atoms with Crippen LogP contribution in [0.25, 0.3) is 0 Å².